The van der Waals surface area contributed by atoms with Crippen LogP contribution in [0.15, 0.2) is 24.3 Å². The SMILES string of the molecule is CCC(CC)c1ccc(CCC2(N)CC2)cc1. The monoisotopic (exact) mass is 231 g/mol. The molecule has 17 heavy (non-hydrogen) atoms. The molecule has 0 unspecified atom stereocenters. The fourth-order valence-electron chi connectivity index (χ4n) is 2.52. The molecule has 0 aromatic heterocycles. The summed E-state index contributed by atoms with van der Waals surface area (Å²) in [6, 6.07) is 9.20. The minimum absolute atomic E-state index is 0.189. The van der Waals surface area contributed by atoms with Crippen molar-refractivity contribution in [1.82, 2.24) is 0 Å². The summed E-state index contributed by atoms with van der Waals surface area (Å²) in [5, 5.41) is 0. The normalized spacial score (nSPS) is 17.4. The summed E-state index contributed by atoms with van der Waals surface area (Å²) in [6.07, 6.45) is 7.21. The molecule has 94 valence electrons. The van der Waals surface area contributed by atoms with Gasteiger partial charge < -0.3 is 5.73 Å². The highest BCUT2D eigenvalue weighted by Gasteiger charge is 2.37. The predicted octanol–water partition coefficient (Wildman–Crippen LogP) is 4.01. The van der Waals surface area contributed by atoms with Gasteiger partial charge in [0.1, 0.15) is 0 Å². The van der Waals surface area contributed by atoms with Crippen LogP contribution in [0.4, 0.5) is 0 Å². The molecule has 0 heterocycles. The van der Waals surface area contributed by atoms with Crippen LogP contribution < -0.4 is 5.73 Å². The van der Waals surface area contributed by atoms with Crippen molar-refractivity contribution in [1.29, 1.82) is 0 Å². The van der Waals surface area contributed by atoms with E-state index in [1.54, 1.807) is 0 Å². The Morgan fingerprint density at radius 3 is 2.18 bits per heavy atom. The molecule has 0 atom stereocenters. The van der Waals surface area contributed by atoms with Crippen LogP contribution in [0.5, 0.6) is 0 Å². The Labute approximate surface area is 105 Å². The van der Waals surface area contributed by atoms with E-state index in [1.807, 2.05) is 0 Å². The largest absolute Gasteiger partial charge is 0.325 e. The van der Waals surface area contributed by atoms with E-state index in [-0.39, 0.29) is 5.54 Å². The molecule has 0 spiro atoms. The maximum atomic E-state index is 6.12. The van der Waals surface area contributed by atoms with E-state index in [1.165, 1.54) is 36.8 Å². The van der Waals surface area contributed by atoms with E-state index in [9.17, 15) is 0 Å². The first kappa shape index (κ1) is 12.6. The van der Waals surface area contributed by atoms with E-state index in [0.717, 1.165) is 18.8 Å². The van der Waals surface area contributed by atoms with Gasteiger partial charge >= 0.3 is 0 Å². The van der Waals surface area contributed by atoms with Gasteiger partial charge in [-0.05, 0) is 55.6 Å². The fraction of sp³-hybridized carbons (Fsp3) is 0.625. The molecule has 1 nitrogen and oxygen atoms in total. The molecule has 1 heteroatoms. The van der Waals surface area contributed by atoms with Gasteiger partial charge in [-0.15, -0.1) is 0 Å². The fourth-order valence-corrected chi connectivity index (χ4v) is 2.52. The Morgan fingerprint density at radius 1 is 1.12 bits per heavy atom. The number of rotatable bonds is 6. The molecule has 2 N–H and O–H groups in total. The standard InChI is InChI=1S/C16H25N/c1-3-14(4-2)15-7-5-13(6-8-15)9-10-16(17)11-12-16/h5-8,14H,3-4,9-12,17H2,1-2H3. The topological polar surface area (TPSA) is 26.0 Å². The van der Waals surface area contributed by atoms with Crippen LogP contribution in [0.2, 0.25) is 0 Å². The summed E-state index contributed by atoms with van der Waals surface area (Å²) in [4.78, 5) is 0. The van der Waals surface area contributed by atoms with Crippen LogP contribution in [0.25, 0.3) is 0 Å². The summed E-state index contributed by atoms with van der Waals surface area (Å²) < 4.78 is 0. The number of hydrogen-bond acceptors (Lipinski definition) is 1. The Bertz CT molecular complexity index is 344. The third-order valence-corrected chi connectivity index (χ3v) is 4.24. The molecule has 1 aromatic carbocycles. The third-order valence-electron chi connectivity index (χ3n) is 4.24. The molecule has 0 amide bonds. The Hall–Kier alpha value is -0.820. The lowest BCUT2D eigenvalue weighted by atomic mass is 9.92. The van der Waals surface area contributed by atoms with Gasteiger partial charge in [0.25, 0.3) is 0 Å². The first-order valence-electron chi connectivity index (χ1n) is 7.04. The summed E-state index contributed by atoms with van der Waals surface area (Å²) in [5.74, 6) is 0.730. The van der Waals surface area contributed by atoms with Gasteiger partial charge in [0.05, 0.1) is 0 Å². The zero-order valence-corrected chi connectivity index (χ0v) is 11.2. The average Bonchev–Trinajstić information content (AvgIpc) is 3.09. The Morgan fingerprint density at radius 2 is 1.71 bits per heavy atom. The van der Waals surface area contributed by atoms with Crippen molar-refractivity contribution in [2.45, 2.75) is 63.8 Å². The number of benzene rings is 1. The van der Waals surface area contributed by atoms with Crippen LogP contribution in [0.1, 0.15) is 63.0 Å². The molecule has 1 aliphatic carbocycles. The summed E-state index contributed by atoms with van der Waals surface area (Å²) >= 11 is 0. The molecule has 1 saturated carbocycles. The molecule has 0 aliphatic heterocycles. The average molecular weight is 231 g/mol. The minimum atomic E-state index is 0.189. The smallest absolute Gasteiger partial charge is 0.0158 e. The van der Waals surface area contributed by atoms with Crippen molar-refractivity contribution in [3.05, 3.63) is 35.4 Å². The molecule has 1 fully saturated rings. The molecule has 2 rings (SSSR count). The molecule has 0 radical (unpaired) electrons. The predicted molar refractivity (Wildman–Crippen MR) is 74.2 cm³/mol. The maximum Gasteiger partial charge on any atom is 0.0158 e. The second kappa shape index (κ2) is 5.22. The van der Waals surface area contributed by atoms with E-state index in [4.69, 9.17) is 5.73 Å². The van der Waals surface area contributed by atoms with E-state index in [2.05, 4.69) is 38.1 Å². The first-order valence-corrected chi connectivity index (χ1v) is 7.04. The third kappa shape index (κ3) is 3.32. The quantitative estimate of drug-likeness (QED) is 0.786. The van der Waals surface area contributed by atoms with Gasteiger partial charge in [-0.3, -0.25) is 0 Å². The van der Waals surface area contributed by atoms with E-state index < -0.39 is 0 Å². The van der Waals surface area contributed by atoms with Gasteiger partial charge in [0.15, 0.2) is 0 Å². The second-order valence-corrected chi connectivity index (χ2v) is 5.62. The van der Waals surface area contributed by atoms with Gasteiger partial charge in [-0.25, -0.2) is 0 Å². The molecule has 0 saturated heterocycles. The second-order valence-electron chi connectivity index (χ2n) is 5.62. The number of nitrogens with two attached hydrogens (primary N) is 1. The summed E-state index contributed by atoms with van der Waals surface area (Å²) in [7, 11) is 0. The molecular weight excluding hydrogens is 206 g/mol. The highest BCUT2D eigenvalue weighted by atomic mass is 14.8. The van der Waals surface area contributed by atoms with Crippen LogP contribution in [0, 0.1) is 0 Å². The Kier molecular flexibility index (Phi) is 3.88. The van der Waals surface area contributed by atoms with Crippen molar-refractivity contribution in [2.24, 2.45) is 5.73 Å². The van der Waals surface area contributed by atoms with Crippen molar-refractivity contribution in [2.75, 3.05) is 0 Å². The lowest BCUT2D eigenvalue weighted by Crippen LogP contribution is -2.22. The van der Waals surface area contributed by atoms with E-state index >= 15 is 0 Å². The summed E-state index contributed by atoms with van der Waals surface area (Å²) in [6.45, 7) is 4.54. The van der Waals surface area contributed by atoms with Gasteiger partial charge in [0, 0.05) is 5.54 Å². The zero-order chi connectivity index (χ0) is 12.3. The van der Waals surface area contributed by atoms with Crippen LogP contribution in [0.3, 0.4) is 0 Å². The highest BCUT2D eigenvalue weighted by Crippen LogP contribution is 2.36. The van der Waals surface area contributed by atoms with Crippen molar-refractivity contribution < 1.29 is 0 Å². The zero-order valence-electron chi connectivity index (χ0n) is 11.2. The van der Waals surface area contributed by atoms with Gasteiger partial charge in [-0.2, -0.15) is 0 Å². The van der Waals surface area contributed by atoms with Crippen molar-refractivity contribution >= 4 is 0 Å². The molecule has 1 aliphatic rings. The van der Waals surface area contributed by atoms with Gasteiger partial charge in [-0.1, -0.05) is 38.1 Å². The molecular formula is C16H25N. The highest BCUT2D eigenvalue weighted by molar-refractivity contribution is 5.26. The number of aryl methyl sites for hydroxylation is 1. The van der Waals surface area contributed by atoms with Crippen LogP contribution in [-0.2, 0) is 6.42 Å². The minimum Gasteiger partial charge on any atom is -0.325 e. The molecule has 1 aromatic rings. The maximum absolute atomic E-state index is 6.12. The van der Waals surface area contributed by atoms with Crippen LogP contribution >= 0.6 is 0 Å². The summed E-state index contributed by atoms with van der Waals surface area (Å²) in [5.41, 5.74) is 9.24. The lowest BCUT2D eigenvalue weighted by molar-refractivity contribution is 0.608. The number of hydrogen-bond donors (Lipinski definition) is 1. The van der Waals surface area contributed by atoms with Crippen LogP contribution in [-0.4, -0.2) is 5.54 Å². The molecule has 0 bridgehead atoms. The Balaban J connectivity index is 1.92. The lowest BCUT2D eigenvalue weighted by Gasteiger charge is -2.14. The van der Waals surface area contributed by atoms with Gasteiger partial charge in [0.2, 0.25) is 0 Å². The first-order chi connectivity index (χ1) is 8.17. The van der Waals surface area contributed by atoms with Crippen molar-refractivity contribution in [3.63, 3.8) is 0 Å². The van der Waals surface area contributed by atoms with Crippen molar-refractivity contribution in [3.8, 4) is 0 Å². The van der Waals surface area contributed by atoms with E-state index in [0.29, 0.717) is 0 Å².